The van der Waals surface area contributed by atoms with E-state index in [2.05, 4.69) is 0 Å². The van der Waals surface area contributed by atoms with Crippen molar-refractivity contribution >= 4 is 15.7 Å². The Balaban J connectivity index is 1.30. The molecule has 6 nitrogen and oxygen atoms in total. The summed E-state index contributed by atoms with van der Waals surface area (Å²) in [4.78, 5) is 14.9. The maximum absolute atomic E-state index is 12.7. The van der Waals surface area contributed by atoms with Gasteiger partial charge in [-0.3, -0.25) is 4.79 Å². The van der Waals surface area contributed by atoms with E-state index in [0.717, 1.165) is 22.4 Å². The zero-order valence-corrected chi connectivity index (χ0v) is 19.2. The van der Waals surface area contributed by atoms with E-state index in [1.165, 1.54) is 6.26 Å². The van der Waals surface area contributed by atoms with E-state index >= 15 is 0 Å². The number of hydrogen-bond donors (Lipinski definition) is 0. The molecule has 0 aliphatic carbocycles. The predicted molar refractivity (Wildman–Crippen MR) is 125 cm³/mol. The van der Waals surface area contributed by atoms with Crippen molar-refractivity contribution in [3.05, 3.63) is 83.9 Å². The van der Waals surface area contributed by atoms with Crippen molar-refractivity contribution in [1.82, 2.24) is 4.90 Å². The molecule has 3 aromatic carbocycles. The van der Waals surface area contributed by atoms with Crippen LogP contribution in [0.15, 0.2) is 77.7 Å². The molecule has 1 spiro atoms. The predicted octanol–water partition coefficient (Wildman–Crippen LogP) is 4.30. The first-order valence-corrected chi connectivity index (χ1v) is 12.8. The van der Waals surface area contributed by atoms with E-state index in [9.17, 15) is 13.2 Å². The minimum absolute atomic E-state index is 0.0302. The molecule has 2 aliphatic heterocycles. The van der Waals surface area contributed by atoms with Gasteiger partial charge >= 0.3 is 0 Å². The van der Waals surface area contributed by atoms with Crippen molar-refractivity contribution in [2.75, 3.05) is 19.3 Å². The zero-order chi connectivity index (χ0) is 23.1. The van der Waals surface area contributed by atoms with E-state index in [1.54, 1.807) is 18.2 Å². The van der Waals surface area contributed by atoms with E-state index < -0.39 is 15.6 Å². The molecule has 170 valence electrons. The highest BCUT2D eigenvalue weighted by Gasteiger charge is 2.42. The second-order valence-electron chi connectivity index (χ2n) is 8.58. The number of nitrogens with zero attached hydrogens (tertiary/aromatic N) is 1. The Morgan fingerprint density at radius 3 is 2.36 bits per heavy atom. The maximum atomic E-state index is 12.7. The van der Waals surface area contributed by atoms with Crippen LogP contribution in [0.3, 0.4) is 0 Å². The molecule has 33 heavy (non-hydrogen) atoms. The topological polar surface area (TPSA) is 72.9 Å². The van der Waals surface area contributed by atoms with Crippen LogP contribution in [0.1, 0.15) is 28.8 Å². The summed E-state index contributed by atoms with van der Waals surface area (Å²) in [5, 5.41) is 0. The summed E-state index contributed by atoms with van der Waals surface area (Å²) in [6, 6.07) is 22.1. The number of carbonyl (C=O) groups is 1. The van der Waals surface area contributed by atoms with Crippen LogP contribution >= 0.6 is 0 Å². The Labute approximate surface area is 193 Å². The number of fused-ring (bicyclic) bond motifs is 1. The number of hydrogen-bond acceptors (Lipinski definition) is 5. The molecule has 3 aromatic rings. The van der Waals surface area contributed by atoms with E-state index in [4.69, 9.17) is 9.47 Å². The molecule has 0 bridgehead atoms. The first kappa shape index (κ1) is 21.7. The van der Waals surface area contributed by atoms with Gasteiger partial charge in [-0.25, -0.2) is 8.42 Å². The van der Waals surface area contributed by atoms with Gasteiger partial charge in [0.1, 0.15) is 5.75 Å². The molecule has 7 heteroatoms. The van der Waals surface area contributed by atoms with E-state index in [0.29, 0.717) is 43.0 Å². The fourth-order valence-corrected chi connectivity index (χ4v) is 5.04. The van der Waals surface area contributed by atoms with Gasteiger partial charge in [-0.2, -0.15) is 0 Å². The Bertz CT molecular complexity index is 1300. The first-order chi connectivity index (χ1) is 15.8. The summed E-state index contributed by atoms with van der Waals surface area (Å²) in [5.74, 6) is 0.0767. The number of amides is 1. The largest absolute Gasteiger partial charge is 0.462 e. The number of sulfone groups is 1. The van der Waals surface area contributed by atoms with Crippen molar-refractivity contribution in [2.24, 2.45) is 0 Å². The van der Waals surface area contributed by atoms with Gasteiger partial charge in [-0.05, 0) is 47.5 Å². The zero-order valence-electron chi connectivity index (χ0n) is 18.4. The minimum Gasteiger partial charge on any atom is -0.462 e. The number of carbonyl (C=O) groups excluding carboxylic acids is 1. The molecule has 1 amide bonds. The van der Waals surface area contributed by atoms with Gasteiger partial charge in [-0.15, -0.1) is 0 Å². The van der Waals surface area contributed by atoms with Gasteiger partial charge in [-0.1, -0.05) is 36.4 Å². The third kappa shape index (κ3) is 4.38. The second-order valence-corrected chi connectivity index (χ2v) is 10.6. The number of likely N-dealkylation sites (tertiary alicyclic amines) is 1. The number of benzene rings is 3. The first-order valence-electron chi connectivity index (χ1n) is 10.9. The number of rotatable bonds is 3. The van der Waals surface area contributed by atoms with Crippen LogP contribution in [0.25, 0.3) is 11.1 Å². The molecule has 5 rings (SSSR count). The molecule has 2 heterocycles. The van der Waals surface area contributed by atoms with Crippen LogP contribution < -0.4 is 4.74 Å². The Kier molecular flexibility index (Phi) is 5.46. The standard InChI is InChI=1S/C26H25NO5S/c1-33(29,30)23-9-5-8-20(17-23)21-10-11-24-22(16-21)18-31-26(32-24)12-14-27(15-13-26)25(28)19-6-3-2-4-7-19/h2-11,16-17H,12-15,18H2,1H3. The summed E-state index contributed by atoms with van der Waals surface area (Å²) in [5.41, 5.74) is 3.35. The van der Waals surface area contributed by atoms with Crippen LogP contribution in [-0.4, -0.2) is 44.4 Å². The molecule has 1 saturated heterocycles. The van der Waals surface area contributed by atoms with Crippen LogP contribution in [0.5, 0.6) is 5.75 Å². The average molecular weight is 464 g/mol. The summed E-state index contributed by atoms with van der Waals surface area (Å²) in [7, 11) is -3.28. The van der Waals surface area contributed by atoms with Crippen molar-refractivity contribution in [1.29, 1.82) is 0 Å². The lowest BCUT2D eigenvalue weighted by Gasteiger charge is -2.44. The molecular weight excluding hydrogens is 438 g/mol. The quantitative estimate of drug-likeness (QED) is 0.579. The van der Waals surface area contributed by atoms with Gasteiger partial charge in [0, 0.05) is 43.3 Å². The number of piperidine rings is 1. The Hall–Kier alpha value is -3.16. The molecule has 0 unspecified atom stereocenters. The normalized spacial score (nSPS) is 17.3. The molecule has 0 N–H and O–H groups in total. The van der Waals surface area contributed by atoms with Crippen LogP contribution in [0.4, 0.5) is 0 Å². The third-order valence-corrected chi connectivity index (χ3v) is 7.39. The minimum atomic E-state index is -3.28. The lowest BCUT2D eigenvalue weighted by atomic mass is 9.98. The molecule has 0 saturated carbocycles. The van der Waals surface area contributed by atoms with Crippen LogP contribution in [-0.2, 0) is 21.2 Å². The molecule has 0 atom stereocenters. The van der Waals surface area contributed by atoms with Gasteiger partial charge < -0.3 is 14.4 Å². The lowest BCUT2D eigenvalue weighted by molar-refractivity contribution is -0.225. The van der Waals surface area contributed by atoms with Gasteiger partial charge in [0.05, 0.1) is 11.5 Å². The van der Waals surface area contributed by atoms with Crippen molar-refractivity contribution in [3.8, 4) is 16.9 Å². The Morgan fingerprint density at radius 2 is 1.64 bits per heavy atom. The molecule has 0 aromatic heterocycles. The SMILES string of the molecule is CS(=O)(=O)c1cccc(-c2ccc3c(c2)COC2(CCN(C(=O)c4ccccc4)CC2)O3)c1. The monoisotopic (exact) mass is 463 g/mol. The summed E-state index contributed by atoms with van der Waals surface area (Å²) in [6.07, 6.45) is 2.41. The average Bonchev–Trinajstić information content (AvgIpc) is 2.84. The number of ether oxygens (including phenoxy) is 2. The van der Waals surface area contributed by atoms with Crippen LogP contribution in [0.2, 0.25) is 0 Å². The maximum Gasteiger partial charge on any atom is 0.253 e. The van der Waals surface area contributed by atoms with E-state index in [-0.39, 0.29) is 5.91 Å². The molecular formula is C26H25NO5S. The smallest absolute Gasteiger partial charge is 0.253 e. The van der Waals surface area contributed by atoms with Crippen molar-refractivity contribution in [3.63, 3.8) is 0 Å². The Morgan fingerprint density at radius 1 is 0.909 bits per heavy atom. The molecule has 2 aliphatic rings. The summed E-state index contributed by atoms with van der Waals surface area (Å²) >= 11 is 0. The van der Waals surface area contributed by atoms with E-state index in [1.807, 2.05) is 59.5 Å². The highest BCUT2D eigenvalue weighted by atomic mass is 32.2. The summed E-state index contributed by atoms with van der Waals surface area (Å²) in [6.45, 7) is 1.54. The second kappa shape index (κ2) is 8.32. The van der Waals surface area contributed by atoms with Crippen molar-refractivity contribution < 1.29 is 22.7 Å². The van der Waals surface area contributed by atoms with Gasteiger partial charge in [0.15, 0.2) is 9.84 Å². The highest BCUT2D eigenvalue weighted by Crippen LogP contribution is 2.39. The van der Waals surface area contributed by atoms with Gasteiger partial charge in [0.25, 0.3) is 5.91 Å². The summed E-state index contributed by atoms with van der Waals surface area (Å²) < 4.78 is 36.3. The molecule has 1 fully saturated rings. The molecule has 0 radical (unpaired) electrons. The highest BCUT2D eigenvalue weighted by molar-refractivity contribution is 7.90. The fourth-order valence-electron chi connectivity index (χ4n) is 4.38. The fraction of sp³-hybridized carbons (Fsp3) is 0.269. The van der Waals surface area contributed by atoms with Gasteiger partial charge in [0.2, 0.25) is 5.79 Å². The third-order valence-electron chi connectivity index (χ3n) is 6.28. The van der Waals surface area contributed by atoms with Crippen LogP contribution in [0, 0.1) is 0 Å². The van der Waals surface area contributed by atoms with Crippen molar-refractivity contribution in [2.45, 2.75) is 30.1 Å². The lowest BCUT2D eigenvalue weighted by Crippen LogP contribution is -2.52.